The van der Waals surface area contributed by atoms with Gasteiger partial charge in [-0.3, -0.25) is 0 Å². The molecule has 2 rings (SSSR count). The van der Waals surface area contributed by atoms with Gasteiger partial charge in [-0.1, -0.05) is 24.3 Å². The van der Waals surface area contributed by atoms with Crippen LogP contribution in [-0.4, -0.2) is 7.11 Å². The minimum absolute atomic E-state index is 0.182. The van der Waals surface area contributed by atoms with E-state index < -0.39 is 0 Å². The highest BCUT2D eigenvalue weighted by Crippen LogP contribution is 2.13. The first-order chi connectivity index (χ1) is 8.28. The molecule has 0 aliphatic rings. The van der Waals surface area contributed by atoms with E-state index in [-0.39, 0.29) is 5.82 Å². The number of hydrogen-bond acceptors (Lipinski definition) is 1. The monoisotopic (exact) mass is 230 g/mol. The minimum atomic E-state index is -0.182. The summed E-state index contributed by atoms with van der Waals surface area (Å²) in [6.45, 7) is 0. The van der Waals surface area contributed by atoms with Gasteiger partial charge in [0.05, 0.1) is 7.11 Å². The number of hydrogen-bond donors (Lipinski definition) is 0. The van der Waals surface area contributed by atoms with Gasteiger partial charge in [-0.25, -0.2) is 4.39 Å². The quantitative estimate of drug-likeness (QED) is 0.779. The zero-order valence-corrected chi connectivity index (χ0v) is 9.82. The van der Waals surface area contributed by atoms with Crippen molar-refractivity contribution in [2.75, 3.05) is 7.11 Å². The molecule has 0 atom stereocenters. The molecular formula is C15H15FO. The van der Waals surface area contributed by atoms with E-state index in [0.29, 0.717) is 0 Å². The molecule has 0 amide bonds. The SMILES string of the molecule is COc1ccc(CCc2ccc(F)cc2)cc1. The van der Waals surface area contributed by atoms with E-state index in [1.165, 1.54) is 17.7 Å². The summed E-state index contributed by atoms with van der Waals surface area (Å²) in [7, 11) is 1.66. The molecule has 0 radical (unpaired) electrons. The fourth-order valence-corrected chi connectivity index (χ4v) is 1.73. The van der Waals surface area contributed by atoms with Crippen LogP contribution in [0.3, 0.4) is 0 Å². The normalized spacial score (nSPS) is 10.2. The van der Waals surface area contributed by atoms with Crippen molar-refractivity contribution >= 4 is 0 Å². The fraction of sp³-hybridized carbons (Fsp3) is 0.200. The molecule has 0 fully saturated rings. The summed E-state index contributed by atoms with van der Waals surface area (Å²) < 4.78 is 17.8. The van der Waals surface area contributed by atoms with Crippen molar-refractivity contribution in [1.82, 2.24) is 0 Å². The van der Waals surface area contributed by atoms with Gasteiger partial charge in [0.15, 0.2) is 0 Å². The van der Waals surface area contributed by atoms with Gasteiger partial charge in [0.2, 0.25) is 0 Å². The predicted octanol–water partition coefficient (Wildman–Crippen LogP) is 3.62. The van der Waals surface area contributed by atoms with Crippen LogP contribution in [-0.2, 0) is 12.8 Å². The second-order valence-corrected chi connectivity index (χ2v) is 3.97. The van der Waals surface area contributed by atoms with E-state index in [9.17, 15) is 4.39 Å². The van der Waals surface area contributed by atoms with Gasteiger partial charge in [0.1, 0.15) is 11.6 Å². The lowest BCUT2D eigenvalue weighted by molar-refractivity contribution is 0.414. The number of halogens is 1. The van der Waals surface area contributed by atoms with Crippen LogP contribution in [0.5, 0.6) is 5.75 Å². The van der Waals surface area contributed by atoms with Crippen molar-refractivity contribution in [3.8, 4) is 5.75 Å². The van der Waals surface area contributed by atoms with Crippen LogP contribution < -0.4 is 4.74 Å². The van der Waals surface area contributed by atoms with Crippen LogP contribution in [0.15, 0.2) is 48.5 Å². The summed E-state index contributed by atoms with van der Waals surface area (Å²) in [4.78, 5) is 0. The molecule has 0 saturated heterocycles. The largest absolute Gasteiger partial charge is 0.497 e. The number of methoxy groups -OCH3 is 1. The molecule has 0 bridgehead atoms. The maximum absolute atomic E-state index is 12.7. The van der Waals surface area contributed by atoms with Gasteiger partial charge in [0.25, 0.3) is 0 Å². The highest BCUT2D eigenvalue weighted by molar-refractivity contribution is 5.28. The molecule has 88 valence electrons. The fourth-order valence-electron chi connectivity index (χ4n) is 1.73. The third kappa shape index (κ3) is 3.31. The van der Waals surface area contributed by atoms with E-state index in [2.05, 4.69) is 12.1 Å². The smallest absolute Gasteiger partial charge is 0.123 e. The molecule has 0 N–H and O–H groups in total. The number of rotatable bonds is 4. The van der Waals surface area contributed by atoms with Crippen LogP contribution >= 0.6 is 0 Å². The standard InChI is InChI=1S/C15H15FO/c1-17-15-10-6-13(7-11-15)3-2-12-4-8-14(16)9-5-12/h4-11H,2-3H2,1H3. The van der Waals surface area contributed by atoms with Crippen molar-refractivity contribution in [3.05, 3.63) is 65.5 Å². The molecular weight excluding hydrogens is 215 g/mol. The Hall–Kier alpha value is -1.83. The molecule has 2 heteroatoms. The third-order valence-corrected chi connectivity index (χ3v) is 2.77. The van der Waals surface area contributed by atoms with Crippen molar-refractivity contribution in [2.24, 2.45) is 0 Å². The second kappa shape index (κ2) is 5.48. The maximum Gasteiger partial charge on any atom is 0.123 e. The summed E-state index contributed by atoms with van der Waals surface area (Å²) in [5.41, 5.74) is 2.41. The molecule has 0 aliphatic carbocycles. The van der Waals surface area contributed by atoms with Crippen LogP contribution in [0.1, 0.15) is 11.1 Å². The highest BCUT2D eigenvalue weighted by atomic mass is 19.1. The average Bonchev–Trinajstić information content (AvgIpc) is 2.39. The Morgan fingerprint density at radius 2 is 1.29 bits per heavy atom. The van der Waals surface area contributed by atoms with Crippen LogP contribution in [0, 0.1) is 5.82 Å². The second-order valence-electron chi connectivity index (χ2n) is 3.97. The zero-order valence-electron chi connectivity index (χ0n) is 9.82. The highest BCUT2D eigenvalue weighted by Gasteiger charge is 1.97. The van der Waals surface area contributed by atoms with Gasteiger partial charge >= 0.3 is 0 Å². The lowest BCUT2D eigenvalue weighted by Gasteiger charge is -2.04. The molecule has 17 heavy (non-hydrogen) atoms. The summed E-state index contributed by atoms with van der Waals surface area (Å²) in [5.74, 6) is 0.689. The predicted molar refractivity (Wildman–Crippen MR) is 66.8 cm³/mol. The van der Waals surface area contributed by atoms with Crippen LogP contribution in [0.4, 0.5) is 4.39 Å². The number of aryl methyl sites for hydroxylation is 2. The Bertz CT molecular complexity index is 459. The molecule has 0 unspecified atom stereocenters. The van der Waals surface area contributed by atoms with Gasteiger partial charge in [-0.15, -0.1) is 0 Å². The van der Waals surface area contributed by atoms with E-state index in [1.54, 1.807) is 7.11 Å². The Morgan fingerprint density at radius 3 is 1.76 bits per heavy atom. The van der Waals surface area contributed by atoms with Crippen molar-refractivity contribution in [3.63, 3.8) is 0 Å². The molecule has 0 heterocycles. The van der Waals surface area contributed by atoms with E-state index in [1.807, 2.05) is 24.3 Å². The Labute approximate surface area is 101 Å². The van der Waals surface area contributed by atoms with Crippen molar-refractivity contribution in [2.45, 2.75) is 12.8 Å². The van der Waals surface area contributed by atoms with Crippen molar-refractivity contribution in [1.29, 1.82) is 0 Å². The molecule has 2 aromatic rings. The van der Waals surface area contributed by atoms with E-state index in [4.69, 9.17) is 4.74 Å². The summed E-state index contributed by atoms with van der Waals surface area (Å²) in [6, 6.07) is 14.7. The summed E-state index contributed by atoms with van der Waals surface area (Å²) >= 11 is 0. The molecule has 0 spiro atoms. The Balaban J connectivity index is 1.95. The van der Waals surface area contributed by atoms with Gasteiger partial charge in [-0.05, 0) is 48.2 Å². The third-order valence-electron chi connectivity index (χ3n) is 2.77. The first-order valence-electron chi connectivity index (χ1n) is 5.65. The Morgan fingerprint density at radius 1 is 0.824 bits per heavy atom. The average molecular weight is 230 g/mol. The van der Waals surface area contributed by atoms with Crippen LogP contribution in [0.25, 0.3) is 0 Å². The van der Waals surface area contributed by atoms with Crippen molar-refractivity contribution < 1.29 is 9.13 Å². The molecule has 0 saturated carbocycles. The topological polar surface area (TPSA) is 9.23 Å². The lowest BCUT2D eigenvalue weighted by atomic mass is 10.0. The number of ether oxygens (including phenoxy) is 1. The first-order valence-corrected chi connectivity index (χ1v) is 5.65. The van der Waals surface area contributed by atoms with Gasteiger partial charge in [-0.2, -0.15) is 0 Å². The summed E-state index contributed by atoms with van der Waals surface area (Å²) in [6.07, 6.45) is 1.88. The molecule has 1 nitrogen and oxygen atoms in total. The molecule has 0 aliphatic heterocycles. The van der Waals surface area contributed by atoms with Gasteiger partial charge < -0.3 is 4.74 Å². The molecule has 0 aromatic heterocycles. The lowest BCUT2D eigenvalue weighted by Crippen LogP contribution is -1.92. The summed E-state index contributed by atoms with van der Waals surface area (Å²) in [5, 5.41) is 0. The number of benzene rings is 2. The first kappa shape index (κ1) is 11.6. The maximum atomic E-state index is 12.7. The van der Waals surface area contributed by atoms with Crippen LogP contribution in [0.2, 0.25) is 0 Å². The van der Waals surface area contributed by atoms with E-state index >= 15 is 0 Å². The zero-order chi connectivity index (χ0) is 12.1. The van der Waals surface area contributed by atoms with E-state index in [0.717, 1.165) is 24.2 Å². The van der Waals surface area contributed by atoms with Gasteiger partial charge in [0, 0.05) is 0 Å². The molecule has 2 aromatic carbocycles. The Kier molecular flexibility index (Phi) is 3.76. The minimum Gasteiger partial charge on any atom is -0.497 e.